The van der Waals surface area contributed by atoms with Gasteiger partial charge in [-0.1, -0.05) is 12.1 Å². The molecule has 1 aromatic carbocycles. The van der Waals surface area contributed by atoms with Crippen molar-refractivity contribution in [2.24, 2.45) is 0 Å². The third-order valence-electron chi connectivity index (χ3n) is 4.96. The summed E-state index contributed by atoms with van der Waals surface area (Å²) < 4.78 is 12.3. The second-order valence-corrected chi connectivity index (χ2v) is 7.51. The molecule has 3 heterocycles. The minimum absolute atomic E-state index is 0.0690. The van der Waals surface area contributed by atoms with Gasteiger partial charge in [0.25, 0.3) is 5.91 Å². The summed E-state index contributed by atoms with van der Waals surface area (Å²) in [7, 11) is 1.49. The van der Waals surface area contributed by atoms with Crippen LogP contribution in [0.5, 0.6) is 5.75 Å². The first-order valence-corrected chi connectivity index (χ1v) is 10.4. The molecular formula is C23H24N6O4. The maximum absolute atomic E-state index is 12.5. The van der Waals surface area contributed by atoms with Crippen LogP contribution < -0.4 is 21.0 Å². The molecule has 10 nitrogen and oxygen atoms in total. The number of carbonyl (C=O) groups excluding carboxylic acids is 1. The van der Waals surface area contributed by atoms with Crippen molar-refractivity contribution in [3.05, 3.63) is 69.6 Å². The quantitative estimate of drug-likeness (QED) is 0.327. The molecule has 0 spiro atoms. The van der Waals surface area contributed by atoms with Crippen LogP contribution in [0.2, 0.25) is 0 Å². The topological polar surface area (TPSA) is 124 Å². The van der Waals surface area contributed by atoms with Gasteiger partial charge < -0.3 is 19.8 Å². The molecule has 0 atom stereocenters. The second kappa shape index (κ2) is 9.11. The lowest BCUT2D eigenvalue weighted by Crippen LogP contribution is -2.32. The Hall–Kier alpha value is -4.21. The van der Waals surface area contributed by atoms with Gasteiger partial charge in [0.2, 0.25) is 0 Å². The minimum atomic E-state index is -0.724. The molecule has 33 heavy (non-hydrogen) atoms. The van der Waals surface area contributed by atoms with E-state index in [9.17, 15) is 9.59 Å². The number of nitrogens with zero attached hydrogens (tertiary/aromatic N) is 4. The lowest BCUT2D eigenvalue weighted by Gasteiger charge is -2.10. The van der Waals surface area contributed by atoms with E-state index in [0.717, 1.165) is 11.4 Å². The van der Waals surface area contributed by atoms with Gasteiger partial charge in [-0.05, 0) is 39.0 Å². The maximum Gasteiger partial charge on any atom is 0.349 e. The van der Waals surface area contributed by atoms with Crippen molar-refractivity contribution < 1.29 is 13.9 Å². The molecule has 0 fully saturated rings. The van der Waals surface area contributed by atoms with Gasteiger partial charge in [0.05, 0.1) is 12.8 Å². The number of hydrogen-bond donors (Lipinski definition) is 2. The standard InChI is InChI=1S/C23H24N6O4/c1-13-10-14(2)29(28-13)20-12-19(26-15(3)27-20)24-8-9-25-22(30)17-11-16-6-5-7-18(32-4)21(16)33-23(17)31/h5-7,10-12H,8-9H2,1-4H3,(H,25,30)(H,24,26,27). The monoisotopic (exact) mass is 448 g/mol. The van der Waals surface area contributed by atoms with E-state index in [0.29, 0.717) is 40.7 Å². The summed E-state index contributed by atoms with van der Waals surface area (Å²) in [6.45, 7) is 6.35. The predicted molar refractivity (Wildman–Crippen MR) is 123 cm³/mol. The lowest BCUT2D eigenvalue weighted by atomic mass is 10.1. The van der Waals surface area contributed by atoms with Crippen LogP contribution in [0.4, 0.5) is 5.82 Å². The highest BCUT2D eigenvalue weighted by molar-refractivity contribution is 5.97. The number of amides is 1. The summed E-state index contributed by atoms with van der Waals surface area (Å²) >= 11 is 0. The van der Waals surface area contributed by atoms with Crippen molar-refractivity contribution >= 4 is 22.7 Å². The maximum atomic E-state index is 12.5. The zero-order chi connectivity index (χ0) is 23.5. The van der Waals surface area contributed by atoms with Gasteiger partial charge in [-0.2, -0.15) is 5.10 Å². The Morgan fingerprint density at radius 2 is 1.94 bits per heavy atom. The van der Waals surface area contributed by atoms with Crippen molar-refractivity contribution in [3.63, 3.8) is 0 Å². The first-order valence-electron chi connectivity index (χ1n) is 10.4. The number of aryl methyl sites for hydroxylation is 3. The van der Waals surface area contributed by atoms with Gasteiger partial charge in [-0.15, -0.1) is 0 Å². The largest absolute Gasteiger partial charge is 0.493 e. The SMILES string of the molecule is COc1cccc2cc(C(=O)NCCNc3cc(-n4nc(C)cc4C)nc(C)n3)c(=O)oc12. The number of benzene rings is 1. The highest BCUT2D eigenvalue weighted by atomic mass is 16.5. The zero-order valence-corrected chi connectivity index (χ0v) is 18.8. The molecule has 4 rings (SSSR count). The van der Waals surface area contributed by atoms with Gasteiger partial charge in [-0.3, -0.25) is 4.79 Å². The third-order valence-corrected chi connectivity index (χ3v) is 4.96. The molecule has 0 bridgehead atoms. The minimum Gasteiger partial charge on any atom is -0.493 e. The molecule has 0 aliphatic heterocycles. The van der Waals surface area contributed by atoms with Gasteiger partial charge in [0.1, 0.15) is 17.2 Å². The number of hydrogen-bond acceptors (Lipinski definition) is 8. The molecule has 0 aliphatic rings. The van der Waals surface area contributed by atoms with E-state index in [-0.39, 0.29) is 12.1 Å². The first-order chi connectivity index (χ1) is 15.9. The Morgan fingerprint density at radius 1 is 1.12 bits per heavy atom. The second-order valence-electron chi connectivity index (χ2n) is 7.51. The van der Waals surface area contributed by atoms with Crippen molar-refractivity contribution in [2.75, 3.05) is 25.5 Å². The number of para-hydroxylation sites is 1. The van der Waals surface area contributed by atoms with E-state index in [4.69, 9.17) is 9.15 Å². The van der Waals surface area contributed by atoms with Crippen LogP contribution in [0, 0.1) is 20.8 Å². The number of fused-ring (bicyclic) bond motifs is 1. The fourth-order valence-corrected chi connectivity index (χ4v) is 3.51. The number of rotatable bonds is 7. The molecule has 170 valence electrons. The summed E-state index contributed by atoms with van der Waals surface area (Å²) in [6.07, 6.45) is 0. The van der Waals surface area contributed by atoms with Crippen LogP contribution in [0.15, 0.2) is 45.6 Å². The van der Waals surface area contributed by atoms with Crippen LogP contribution in [-0.2, 0) is 0 Å². The summed E-state index contributed by atoms with van der Waals surface area (Å²) in [5, 5.41) is 10.9. The molecule has 0 saturated carbocycles. The van der Waals surface area contributed by atoms with Gasteiger partial charge in [-0.25, -0.2) is 19.4 Å². The average Bonchev–Trinajstić information content (AvgIpc) is 3.13. The van der Waals surface area contributed by atoms with E-state index in [1.54, 1.807) is 35.9 Å². The van der Waals surface area contributed by atoms with Crippen LogP contribution in [0.25, 0.3) is 16.8 Å². The number of ether oxygens (including phenoxy) is 1. The first kappa shape index (κ1) is 22.0. The highest BCUT2D eigenvalue weighted by Crippen LogP contribution is 2.24. The van der Waals surface area contributed by atoms with Crippen LogP contribution in [0.1, 0.15) is 27.6 Å². The fraction of sp³-hybridized carbons (Fsp3) is 0.261. The lowest BCUT2D eigenvalue weighted by molar-refractivity contribution is 0.0951. The summed E-state index contributed by atoms with van der Waals surface area (Å²) in [6, 6.07) is 10.5. The Labute approximate surface area is 189 Å². The third kappa shape index (κ3) is 4.69. The average molecular weight is 448 g/mol. The van der Waals surface area contributed by atoms with Crippen molar-refractivity contribution in [1.29, 1.82) is 0 Å². The van der Waals surface area contributed by atoms with Crippen molar-refractivity contribution in [1.82, 2.24) is 25.1 Å². The van der Waals surface area contributed by atoms with Gasteiger partial charge >= 0.3 is 5.63 Å². The number of nitrogens with one attached hydrogen (secondary N) is 2. The van der Waals surface area contributed by atoms with E-state index in [1.165, 1.54) is 13.2 Å². The predicted octanol–water partition coefficient (Wildman–Crippen LogP) is 2.54. The van der Waals surface area contributed by atoms with Crippen LogP contribution >= 0.6 is 0 Å². The molecule has 0 unspecified atom stereocenters. The highest BCUT2D eigenvalue weighted by Gasteiger charge is 2.15. The Kier molecular flexibility index (Phi) is 6.07. The number of methoxy groups -OCH3 is 1. The molecular weight excluding hydrogens is 424 g/mol. The van der Waals surface area contributed by atoms with E-state index < -0.39 is 11.5 Å². The fourth-order valence-electron chi connectivity index (χ4n) is 3.51. The number of aromatic nitrogens is 4. The molecule has 10 heteroatoms. The molecule has 2 N–H and O–H groups in total. The molecule has 1 amide bonds. The summed E-state index contributed by atoms with van der Waals surface area (Å²) in [4.78, 5) is 33.7. The molecule has 0 saturated heterocycles. The Balaban J connectivity index is 1.41. The number of carbonyl (C=O) groups is 1. The van der Waals surface area contributed by atoms with Crippen LogP contribution in [0.3, 0.4) is 0 Å². The van der Waals surface area contributed by atoms with Crippen LogP contribution in [-0.4, -0.2) is 45.9 Å². The molecule has 0 radical (unpaired) electrons. The van der Waals surface area contributed by atoms with Gasteiger partial charge in [0, 0.05) is 30.2 Å². The normalized spacial score (nSPS) is 10.9. The van der Waals surface area contributed by atoms with E-state index >= 15 is 0 Å². The van der Waals surface area contributed by atoms with E-state index in [1.807, 2.05) is 19.9 Å². The Morgan fingerprint density at radius 3 is 2.67 bits per heavy atom. The van der Waals surface area contributed by atoms with E-state index in [2.05, 4.69) is 25.7 Å². The van der Waals surface area contributed by atoms with Gasteiger partial charge in [0.15, 0.2) is 17.2 Å². The molecule has 4 aromatic rings. The number of anilines is 1. The zero-order valence-electron chi connectivity index (χ0n) is 18.8. The molecule has 0 aliphatic carbocycles. The summed E-state index contributed by atoms with van der Waals surface area (Å²) in [5.41, 5.74) is 1.38. The Bertz CT molecular complexity index is 1390. The smallest absolute Gasteiger partial charge is 0.349 e. The summed E-state index contributed by atoms with van der Waals surface area (Å²) in [5.74, 6) is 1.77. The van der Waals surface area contributed by atoms with Crippen molar-refractivity contribution in [2.45, 2.75) is 20.8 Å². The molecule has 3 aromatic heterocycles. The van der Waals surface area contributed by atoms with Crippen molar-refractivity contribution in [3.8, 4) is 11.6 Å².